The summed E-state index contributed by atoms with van der Waals surface area (Å²) in [6, 6.07) is 1.55. The summed E-state index contributed by atoms with van der Waals surface area (Å²) in [5.41, 5.74) is 0. The lowest BCUT2D eigenvalue weighted by Crippen LogP contribution is -2.21. The van der Waals surface area contributed by atoms with E-state index in [0.29, 0.717) is 6.42 Å². The predicted octanol–water partition coefficient (Wildman–Crippen LogP) is 3.82. The van der Waals surface area contributed by atoms with Gasteiger partial charge in [-0.25, -0.2) is 0 Å². The fourth-order valence-electron chi connectivity index (χ4n) is 0.874. The van der Waals surface area contributed by atoms with Gasteiger partial charge in [0.1, 0.15) is 0 Å². The number of thiophene rings is 1. The van der Waals surface area contributed by atoms with Crippen LogP contribution in [0.25, 0.3) is 0 Å². The maximum atomic E-state index is 12.1. The van der Waals surface area contributed by atoms with E-state index < -0.39 is 12.0 Å². The maximum Gasteiger partial charge on any atom is 0.455 e. The Bertz CT molecular complexity index is 356. The van der Waals surface area contributed by atoms with E-state index in [0.717, 1.165) is 16.2 Å². The van der Waals surface area contributed by atoms with Crippen molar-refractivity contribution in [2.45, 2.75) is 19.5 Å². The van der Waals surface area contributed by atoms with Crippen LogP contribution >= 0.6 is 27.3 Å². The largest absolute Gasteiger partial charge is 0.455 e. The molecule has 0 radical (unpaired) electrons. The highest BCUT2D eigenvalue weighted by Crippen LogP contribution is 2.33. The highest BCUT2D eigenvalue weighted by Gasteiger charge is 2.41. The number of halogens is 4. The molecule has 14 heavy (non-hydrogen) atoms. The van der Waals surface area contributed by atoms with Crippen LogP contribution < -0.4 is 0 Å². The highest BCUT2D eigenvalue weighted by molar-refractivity contribution is 9.10. The van der Waals surface area contributed by atoms with Gasteiger partial charge in [0.15, 0.2) is 0 Å². The molecule has 1 nitrogen and oxygen atoms in total. The number of hydrogen-bond acceptors (Lipinski definition) is 2. The normalized spacial score (nSPS) is 11.8. The number of alkyl halides is 3. The van der Waals surface area contributed by atoms with E-state index >= 15 is 0 Å². The molecule has 6 heteroatoms. The molecule has 0 unspecified atom stereocenters. The first-order valence-corrected chi connectivity index (χ1v) is 5.37. The van der Waals surface area contributed by atoms with Crippen LogP contribution in [0.4, 0.5) is 13.2 Å². The Labute approximate surface area is 91.1 Å². The molecule has 0 atom stereocenters. The van der Waals surface area contributed by atoms with Gasteiger partial charge in [0.2, 0.25) is 0 Å². The molecule has 0 N–H and O–H groups in total. The molecule has 0 saturated heterocycles. The maximum absolute atomic E-state index is 12.1. The quantitative estimate of drug-likeness (QED) is 0.756. The second-order valence-corrected chi connectivity index (χ2v) is 4.56. The first kappa shape index (κ1) is 11.7. The van der Waals surface area contributed by atoms with Crippen LogP contribution in [-0.2, 0) is 6.42 Å². The van der Waals surface area contributed by atoms with Crippen LogP contribution in [0, 0.1) is 0 Å². The summed E-state index contributed by atoms with van der Waals surface area (Å²) in [4.78, 5) is 11.4. The summed E-state index contributed by atoms with van der Waals surface area (Å²) in [5, 5.41) is 0. The molecule has 0 aliphatic carbocycles. The third-order valence-corrected chi connectivity index (χ3v) is 3.72. The van der Waals surface area contributed by atoms with E-state index in [2.05, 4.69) is 15.9 Å². The van der Waals surface area contributed by atoms with E-state index in [4.69, 9.17) is 0 Å². The number of aryl methyl sites for hydroxylation is 1. The van der Waals surface area contributed by atoms with E-state index in [1.54, 1.807) is 6.07 Å². The second kappa shape index (κ2) is 4.02. The summed E-state index contributed by atoms with van der Waals surface area (Å²) in [6.45, 7) is 1.82. The molecule has 0 saturated carbocycles. The third kappa shape index (κ3) is 2.36. The summed E-state index contributed by atoms with van der Waals surface area (Å²) in [5.74, 6) is -1.78. The minimum atomic E-state index is -4.79. The molecule has 0 bridgehead atoms. The predicted molar refractivity (Wildman–Crippen MR) is 51.8 cm³/mol. The topological polar surface area (TPSA) is 17.1 Å². The monoisotopic (exact) mass is 286 g/mol. The van der Waals surface area contributed by atoms with Gasteiger partial charge in [-0.05, 0) is 28.4 Å². The average molecular weight is 287 g/mol. The zero-order valence-corrected chi connectivity index (χ0v) is 9.52. The molecule has 0 spiro atoms. The van der Waals surface area contributed by atoms with Crippen LogP contribution in [0.15, 0.2) is 10.5 Å². The first-order chi connectivity index (χ1) is 6.36. The van der Waals surface area contributed by atoms with Crippen molar-refractivity contribution in [1.29, 1.82) is 0 Å². The number of hydrogen-bond donors (Lipinski definition) is 0. The van der Waals surface area contributed by atoms with Gasteiger partial charge in [0.05, 0.1) is 4.88 Å². The van der Waals surface area contributed by atoms with Crippen molar-refractivity contribution in [3.63, 3.8) is 0 Å². The molecular formula is C8H6BrF3OS. The SMILES string of the molecule is CCc1cc(Br)c(C(=O)C(F)(F)F)s1. The fourth-order valence-corrected chi connectivity index (χ4v) is 2.67. The van der Waals surface area contributed by atoms with Gasteiger partial charge < -0.3 is 0 Å². The van der Waals surface area contributed by atoms with E-state index in [1.807, 2.05) is 6.92 Å². The zero-order valence-electron chi connectivity index (χ0n) is 7.11. The molecule has 0 aromatic carbocycles. The van der Waals surface area contributed by atoms with Crippen LogP contribution in [0.5, 0.6) is 0 Å². The Morgan fingerprint density at radius 3 is 2.50 bits per heavy atom. The molecule has 0 amide bonds. The Kier molecular flexibility index (Phi) is 3.36. The van der Waals surface area contributed by atoms with Crippen molar-refractivity contribution in [2.24, 2.45) is 0 Å². The Balaban J connectivity index is 3.07. The van der Waals surface area contributed by atoms with Gasteiger partial charge in [-0.2, -0.15) is 13.2 Å². The van der Waals surface area contributed by atoms with Gasteiger partial charge in [-0.15, -0.1) is 11.3 Å². The van der Waals surface area contributed by atoms with Gasteiger partial charge in [0.25, 0.3) is 5.78 Å². The van der Waals surface area contributed by atoms with Gasteiger partial charge in [0, 0.05) is 9.35 Å². The summed E-state index contributed by atoms with van der Waals surface area (Å²) < 4.78 is 36.4. The molecule has 1 rings (SSSR count). The van der Waals surface area contributed by atoms with E-state index in [9.17, 15) is 18.0 Å². The van der Waals surface area contributed by atoms with E-state index in [1.165, 1.54) is 0 Å². The summed E-state index contributed by atoms with van der Waals surface area (Å²) in [6.07, 6.45) is -4.17. The number of Topliss-reactive ketones (excluding diaryl/α,β-unsaturated/α-hetero) is 1. The van der Waals surface area contributed by atoms with E-state index in [-0.39, 0.29) is 9.35 Å². The van der Waals surface area contributed by atoms with Gasteiger partial charge in [-0.1, -0.05) is 6.92 Å². The molecule has 0 fully saturated rings. The van der Waals surface area contributed by atoms with Crippen molar-refractivity contribution < 1.29 is 18.0 Å². The Morgan fingerprint density at radius 2 is 2.14 bits per heavy atom. The molecule has 1 heterocycles. The molecular weight excluding hydrogens is 281 g/mol. The van der Waals surface area contributed by atoms with Crippen molar-refractivity contribution in [2.75, 3.05) is 0 Å². The number of carbonyl (C=O) groups excluding carboxylic acids is 1. The summed E-state index contributed by atoms with van der Waals surface area (Å²) in [7, 11) is 0. The van der Waals surface area contributed by atoms with Crippen LogP contribution in [0.2, 0.25) is 0 Å². The molecule has 1 aromatic rings. The fraction of sp³-hybridized carbons (Fsp3) is 0.375. The van der Waals surface area contributed by atoms with Gasteiger partial charge >= 0.3 is 6.18 Å². The van der Waals surface area contributed by atoms with Crippen molar-refractivity contribution >= 4 is 33.0 Å². The lowest BCUT2D eigenvalue weighted by molar-refractivity contribution is -0.0882. The van der Waals surface area contributed by atoms with Crippen molar-refractivity contribution in [1.82, 2.24) is 0 Å². The van der Waals surface area contributed by atoms with Crippen LogP contribution in [-0.4, -0.2) is 12.0 Å². The zero-order chi connectivity index (χ0) is 10.9. The Hall–Kier alpha value is -0.360. The van der Waals surface area contributed by atoms with Gasteiger partial charge in [-0.3, -0.25) is 4.79 Å². The van der Waals surface area contributed by atoms with Crippen molar-refractivity contribution in [3.05, 3.63) is 20.3 Å². The standard InChI is InChI=1S/C8H6BrF3OS/c1-2-4-3-5(9)6(14-4)7(13)8(10,11)12/h3H,2H2,1H3. The lowest BCUT2D eigenvalue weighted by atomic mass is 10.3. The number of rotatable bonds is 2. The Morgan fingerprint density at radius 1 is 1.57 bits per heavy atom. The van der Waals surface area contributed by atoms with Crippen LogP contribution in [0.3, 0.4) is 0 Å². The number of carbonyl (C=O) groups is 1. The minimum Gasteiger partial charge on any atom is -0.283 e. The number of ketones is 1. The summed E-state index contributed by atoms with van der Waals surface area (Å²) >= 11 is 3.82. The van der Waals surface area contributed by atoms with Crippen molar-refractivity contribution in [3.8, 4) is 0 Å². The van der Waals surface area contributed by atoms with Crippen LogP contribution in [0.1, 0.15) is 21.5 Å². The molecule has 1 aromatic heterocycles. The average Bonchev–Trinajstić information content (AvgIpc) is 2.43. The first-order valence-electron chi connectivity index (χ1n) is 3.76. The smallest absolute Gasteiger partial charge is 0.283 e. The lowest BCUT2D eigenvalue weighted by Gasteiger charge is -2.02. The minimum absolute atomic E-state index is 0.224. The third-order valence-electron chi connectivity index (χ3n) is 1.55. The molecule has 0 aliphatic rings. The molecule has 0 aliphatic heterocycles. The molecule has 78 valence electrons. The highest BCUT2D eigenvalue weighted by atomic mass is 79.9. The second-order valence-electron chi connectivity index (χ2n) is 2.57.